The van der Waals surface area contributed by atoms with E-state index in [1.807, 2.05) is 0 Å². The van der Waals surface area contributed by atoms with Gasteiger partial charge < -0.3 is 0 Å². The lowest BCUT2D eigenvalue weighted by Gasteiger charge is -2.11. The summed E-state index contributed by atoms with van der Waals surface area (Å²) in [5.74, 6) is 0.961. The van der Waals surface area contributed by atoms with Crippen LogP contribution in [-0.4, -0.2) is 7.94 Å². The number of allylic oxidation sites excluding steroid dienone is 2. The van der Waals surface area contributed by atoms with Crippen molar-refractivity contribution in [2.24, 2.45) is 5.92 Å². The SMILES string of the molecule is CCC1C=IC2C=C2C1. The lowest BCUT2D eigenvalue weighted by Crippen LogP contribution is -2.02. The average molecular weight is 234 g/mol. The molecular weight excluding hydrogens is 223 g/mol. The molecule has 1 heterocycles. The van der Waals surface area contributed by atoms with Crippen LogP contribution in [0, 0.1) is 5.92 Å². The number of hydrogen-bond donors (Lipinski definition) is 0. The second kappa shape index (κ2) is 2.19. The first-order valence-corrected chi connectivity index (χ1v) is 6.05. The number of fused-ring (bicyclic) bond motifs is 1. The Labute approximate surface area is 66.1 Å². The van der Waals surface area contributed by atoms with Crippen molar-refractivity contribution in [2.75, 3.05) is 0 Å². The zero-order chi connectivity index (χ0) is 6.27. The van der Waals surface area contributed by atoms with Gasteiger partial charge in [0.2, 0.25) is 0 Å². The van der Waals surface area contributed by atoms with Gasteiger partial charge in [-0.2, -0.15) is 0 Å². The van der Waals surface area contributed by atoms with Crippen molar-refractivity contribution in [1.82, 2.24) is 0 Å². The van der Waals surface area contributed by atoms with E-state index in [0.717, 1.165) is 9.84 Å². The van der Waals surface area contributed by atoms with Gasteiger partial charge in [-0.1, -0.05) is 22.6 Å². The van der Waals surface area contributed by atoms with Gasteiger partial charge in [0.05, 0.1) is 0 Å². The van der Waals surface area contributed by atoms with Gasteiger partial charge in [-0.15, -0.1) is 20.7 Å². The van der Waals surface area contributed by atoms with Gasteiger partial charge in [0.25, 0.3) is 0 Å². The second-order valence-corrected chi connectivity index (χ2v) is 5.55. The highest BCUT2D eigenvalue weighted by atomic mass is 127. The number of hydrogen-bond acceptors (Lipinski definition) is 0. The maximum atomic E-state index is 2.61. The van der Waals surface area contributed by atoms with Crippen molar-refractivity contribution in [3.05, 3.63) is 11.6 Å². The molecular formula is C8H11I. The molecule has 2 atom stereocenters. The van der Waals surface area contributed by atoms with Crippen molar-refractivity contribution < 1.29 is 0 Å². The van der Waals surface area contributed by atoms with Crippen LogP contribution in [0.1, 0.15) is 19.8 Å². The Morgan fingerprint density at radius 1 is 1.78 bits per heavy atom. The van der Waals surface area contributed by atoms with Gasteiger partial charge in [-0.25, -0.2) is 0 Å². The summed E-state index contributed by atoms with van der Waals surface area (Å²) in [6.45, 7) is 2.30. The molecule has 0 saturated heterocycles. The third-order valence-electron chi connectivity index (χ3n) is 2.01. The predicted molar refractivity (Wildman–Crippen MR) is 50.4 cm³/mol. The molecule has 0 fully saturated rings. The van der Waals surface area contributed by atoms with E-state index < -0.39 is 0 Å². The van der Waals surface area contributed by atoms with E-state index in [4.69, 9.17) is 0 Å². The first kappa shape index (κ1) is 6.08. The summed E-state index contributed by atoms with van der Waals surface area (Å²) in [5.41, 5.74) is 1.79. The molecule has 0 saturated carbocycles. The van der Waals surface area contributed by atoms with Crippen molar-refractivity contribution in [2.45, 2.75) is 23.7 Å². The fourth-order valence-corrected chi connectivity index (χ4v) is 4.38. The van der Waals surface area contributed by atoms with Crippen molar-refractivity contribution in [3.63, 3.8) is 0 Å². The Morgan fingerprint density at radius 2 is 2.67 bits per heavy atom. The molecule has 0 spiro atoms. The molecule has 0 aromatic heterocycles. The molecule has 9 heavy (non-hydrogen) atoms. The molecule has 0 radical (unpaired) electrons. The first-order chi connectivity index (χ1) is 4.40. The Balaban J connectivity index is 2.06. The van der Waals surface area contributed by atoms with Crippen molar-refractivity contribution in [1.29, 1.82) is 0 Å². The van der Waals surface area contributed by atoms with Gasteiger partial charge >= 0.3 is 0 Å². The molecule has 0 bridgehead atoms. The summed E-state index contributed by atoms with van der Waals surface area (Å²) in [7, 11) is 0. The Hall–Kier alpha value is 0.340. The van der Waals surface area contributed by atoms with E-state index >= 15 is 0 Å². The predicted octanol–water partition coefficient (Wildman–Crippen LogP) is 2.50. The largest absolute Gasteiger partial charge is 0.115 e. The molecule has 0 aromatic rings. The molecule has 2 aliphatic rings. The number of alkyl halides is 1. The smallest absolute Gasteiger partial charge is 0.0452 e. The molecule has 0 N–H and O–H groups in total. The minimum atomic E-state index is 0.462. The van der Waals surface area contributed by atoms with Crippen molar-refractivity contribution in [3.8, 4) is 0 Å². The van der Waals surface area contributed by atoms with Crippen LogP contribution in [0.15, 0.2) is 11.6 Å². The maximum absolute atomic E-state index is 2.61. The summed E-state index contributed by atoms with van der Waals surface area (Å²) in [6, 6.07) is 0. The fraction of sp³-hybridized carbons (Fsp3) is 0.625. The van der Waals surface area contributed by atoms with Gasteiger partial charge in [0.1, 0.15) is 0 Å². The highest BCUT2D eigenvalue weighted by molar-refractivity contribution is 14.2. The molecule has 2 unspecified atom stereocenters. The highest BCUT2D eigenvalue weighted by Crippen LogP contribution is 2.42. The number of rotatable bonds is 1. The standard InChI is InChI=1S/C8H11I/c1-2-6-3-7-4-8(7)9-5-6/h4-6,8H,2-3H2,1H3. The second-order valence-electron chi connectivity index (χ2n) is 2.77. The van der Waals surface area contributed by atoms with Crippen LogP contribution >= 0.6 is 20.7 Å². The van der Waals surface area contributed by atoms with Crippen LogP contribution in [0.2, 0.25) is 0 Å². The molecule has 1 aliphatic heterocycles. The lowest BCUT2D eigenvalue weighted by atomic mass is 10.0. The normalized spacial score (nSPS) is 38.6. The zero-order valence-electron chi connectivity index (χ0n) is 5.60. The van der Waals surface area contributed by atoms with E-state index in [0.29, 0.717) is 20.7 Å². The average Bonchev–Trinajstić information content (AvgIpc) is 2.64. The molecule has 50 valence electrons. The summed E-state index contributed by atoms with van der Waals surface area (Å²) in [6.07, 6.45) is 5.24. The van der Waals surface area contributed by atoms with E-state index in [1.165, 1.54) is 12.8 Å². The highest BCUT2D eigenvalue weighted by Gasteiger charge is 2.27. The van der Waals surface area contributed by atoms with Gasteiger partial charge in [0.15, 0.2) is 0 Å². The van der Waals surface area contributed by atoms with E-state index in [2.05, 4.69) is 17.0 Å². The number of halogens is 1. The minimum Gasteiger partial charge on any atom is -0.115 e. The van der Waals surface area contributed by atoms with Crippen LogP contribution in [-0.2, 0) is 0 Å². The zero-order valence-corrected chi connectivity index (χ0v) is 7.76. The molecule has 1 aliphatic carbocycles. The fourth-order valence-electron chi connectivity index (χ4n) is 1.20. The lowest BCUT2D eigenvalue weighted by molar-refractivity contribution is 0.686. The minimum absolute atomic E-state index is 0.462. The molecule has 0 aromatic carbocycles. The van der Waals surface area contributed by atoms with Crippen molar-refractivity contribution >= 4 is 24.7 Å². The van der Waals surface area contributed by atoms with E-state index in [-0.39, 0.29) is 0 Å². The molecule has 0 nitrogen and oxygen atoms in total. The molecule has 0 amide bonds. The maximum Gasteiger partial charge on any atom is 0.0452 e. The van der Waals surface area contributed by atoms with Crippen LogP contribution in [0.25, 0.3) is 0 Å². The summed E-state index contributed by atoms with van der Waals surface area (Å²) >= 11 is 0.462. The van der Waals surface area contributed by atoms with Crippen LogP contribution < -0.4 is 0 Å². The summed E-state index contributed by atoms with van der Waals surface area (Å²) in [4.78, 5) is 0. The third kappa shape index (κ3) is 1.11. The Bertz CT molecular complexity index is 179. The Morgan fingerprint density at radius 3 is 3.33 bits per heavy atom. The van der Waals surface area contributed by atoms with Gasteiger partial charge in [0, 0.05) is 3.92 Å². The van der Waals surface area contributed by atoms with E-state index in [1.54, 1.807) is 5.57 Å². The monoisotopic (exact) mass is 234 g/mol. The van der Waals surface area contributed by atoms with E-state index in [9.17, 15) is 0 Å². The first-order valence-electron chi connectivity index (χ1n) is 3.56. The molecule has 2 rings (SSSR count). The molecule has 1 heteroatoms. The van der Waals surface area contributed by atoms with Crippen LogP contribution in [0.4, 0.5) is 0 Å². The third-order valence-corrected chi connectivity index (χ3v) is 5.38. The summed E-state index contributed by atoms with van der Waals surface area (Å²) < 4.78 is 3.64. The van der Waals surface area contributed by atoms with Gasteiger partial charge in [-0.05, 0) is 18.8 Å². The Kier molecular flexibility index (Phi) is 1.48. The quantitative estimate of drug-likeness (QED) is 0.371. The topological polar surface area (TPSA) is 0 Å². The van der Waals surface area contributed by atoms with Gasteiger partial charge in [-0.3, -0.25) is 0 Å². The summed E-state index contributed by atoms with van der Waals surface area (Å²) in [5, 5.41) is 0. The van der Waals surface area contributed by atoms with Crippen LogP contribution in [0.5, 0.6) is 0 Å². The van der Waals surface area contributed by atoms with Crippen LogP contribution in [0.3, 0.4) is 0 Å².